The van der Waals surface area contributed by atoms with Crippen LogP contribution in [0.15, 0.2) is 82.7 Å². The van der Waals surface area contributed by atoms with Gasteiger partial charge in [-0.3, -0.25) is 4.79 Å². The highest BCUT2D eigenvalue weighted by atomic mass is 35.5. The van der Waals surface area contributed by atoms with E-state index in [-0.39, 0.29) is 17.8 Å². The first kappa shape index (κ1) is 23.2. The SMILES string of the molecule is O=C(O)[C@@H]1[C@H]2C[C@H](CN(CCNc3ccccn3)C2)[C@H]1c1ccccc1Sc1ccc(Cl)cc1. The molecule has 1 aliphatic carbocycles. The predicted octanol–water partition coefficient (Wildman–Crippen LogP) is 5.73. The van der Waals surface area contributed by atoms with E-state index < -0.39 is 5.97 Å². The maximum atomic E-state index is 12.5. The van der Waals surface area contributed by atoms with Gasteiger partial charge in [-0.25, -0.2) is 4.98 Å². The molecular formula is C27H28ClN3O2S. The molecular weight excluding hydrogens is 466 g/mol. The highest BCUT2D eigenvalue weighted by Gasteiger charge is 2.51. The number of rotatable bonds is 8. The predicted molar refractivity (Wildman–Crippen MR) is 137 cm³/mol. The number of pyridine rings is 1. The minimum absolute atomic E-state index is 0.0206. The quantitative estimate of drug-likeness (QED) is 0.417. The summed E-state index contributed by atoms with van der Waals surface area (Å²) in [5, 5.41) is 14.3. The van der Waals surface area contributed by atoms with E-state index in [0.29, 0.717) is 10.9 Å². The molecule has 5 nitrogen and oxygen atoms in total. The number of carboxylic acids is 1. The summed E-state index contributed by atoms with van der Waals surface area (Å²) < 4.78 is 0. The van der Waals surface area contributed by atoms with Gasteiger partial charge in [-0.2, -0.15) is 0 Å². The summed E-state index contributed by atoms with van der Waals surface area (Å²) in [7, 11) is 0. The second-order valence-electron chi connectivity index (χ2n) is 9.14. The minimum atomic E-state index is -0.669. The van der Waals surface area contributed by atoms with Crippen LogP contribution in [-0.4, -0.2) is 47.1 Å². The van der Waals surface area contributed by atoms with Crippen LogP contribution in [-0.2, 0) is 4.79 Å². The first-order valence-corrected chi connectivity index (χ1v) is 12.9. The van der Waals surface area contributed by atoms with Crippen LogP contribution in [0.1, 0.15) is 17.9 Å². The molecule has 34 heavy (non-hydrogen) atoms. The highest BCUT2D eigenvalue weighted by molar-refractivity contribution is 7.99. The van der Waals surface area contributed by atoms with Crippen LogP contribution >= 0.6 is 23.4 Å². The highest BCUT2D eigenvalue weighted by Crippen LogP contribution is 2.53. The molecule has 176 valence electrons. The molecule has 1 aliphatic heterocycles. The summed E-state index contributed by atoms with van der Waals surface area (Å²) in [4.78, 5) is 21.5. The summed E-state index contributed by atoms with van der Waals surface area (Å²) in [5.41, 5.74) is 1.16. The Kier molecular flexibility index (Phi) is 7.09. The Morgan fingerprint density at radius 2 is 1.82 bits per heavy atom. The minimum Gasteiger partial charge on any atom is -0.481 e. The summed E-state index contributed by atoms with van der Waals surface area (Å²) in [6.07, 6.45) is 2.76. The fourth-order valence-electron chi connectivity index (χ4n) is 5.66. The van der Waals surface area contributed by atoms with E-state index in [1.165, 1.54) is 0 Å². The molecule has 2 N–H and O–H groups in total. The molecule has 0 amide bonds. The number of aromatic nitrogens is 1. The smallest absolute Gasteiger partial charge is 0.307 e. The molecule has 5 rings (SSSR count). The van der Waals surface area contributed by atoms with Crippen molar-refractivity contribution in [3.8, 4) is 0 Å². The number of anilines is 1. The number of carbonyl (C=O) groups is 1. The van der Waals surface area contributed by atoms with E-state index in [1.54, 1.807) is 18.0 Å². The maximum absolute atomic E-state index is 12.5. The van der Waals surface area contributed by atoms with Gasteiger partial charge in [-0.15, -0.1) is 0 Å². The standard InChI is InChI=1S/C27H28ClN3O2S/c28-20-8-10-21(11-9-20)34-23-6-2-1-5-22(23)25-18-15-19(26(25)27(32)33)17-31(16-18)14-13-30-24-7-3-4-12-29-24/h1-12,18-19,25-26H,13-17H2,(H,29,30)(H,32,33)/t18-,19+,25+,26-/m1/s1. The summed E-state index contributed by atoms with van der Waals surface area (Å²) >= 11 is 7.75. The van der Waals surface area contributed by atoms with Crippen molar-refractivity contribution >= 4 is 35.1 Å². The van der Waals surface area contributed by atoms with Crippen molar-refractivity contribution in [1.29, 1.82) is 0 Å². The van der Waals surface area contributed by atoms with Crippen molar-refractivity contribution in [3.05, 3.63) is 83.5 Å². The molecule has 1 aromatic heterocycles. The third-order valence-electron chi connectivity index (χ3n) is 7.00. The van der Waals surface area contributed by atoms with E-state index >= 15 is 0 Å². The lowest BCUT2D eigenvalue weighted by Gasteiger charge is -2.32. The Hall–Kier alpha value is -2.54. The fourth-order valence-corrected chi connectivity index (χ4v) is 6.78. The number of benzene rings is 2. The van der Waals surface area contributed by atoms with E-state index in [4.69, 9.17) is 11.6 Å². The van der Waals surface area contributed by atoms with Gasteiger partial charge in [0.2, 0.25) is 0 Å². The number of likely N-dealkylation sites (tertiary alicyclic amines) is 1. The van der Waals surface area contributed by atoms with Crippen molar-refractivity contribution in [1.82, 2.24) is 9.88 Å². The van der Waals surface area contributed by atoms with Crippen LogP contribution in [0.25, 0.3) is 0 Å². The third kappa shape index (κ3) is 5.09. The lowest BCUT2D eigenvalue weighted by atomic mass is 9.82. The Morgan fingerprint density at radius 3 is 2.59 bits per heavy atom. The number of hydrogen-bond acceptors (Lipinski definition) is 5. The van der Waals surface area contributed by atoms with Gasteiger partial charge < -0.3 is 15.3 Å². The van der Waals surface area contributed by atoms with Gasteiger partial charge in [-0.05, 0) is 66.3 Å². The van der Waals surface area contributed by atoms with Crippen molar-refractivity contribution in [3.63, 3.8) is 0 Å². The molecule has 2 bridgehead atoms. The van der Waals surface area contributed by atoms with Gasteiger partial charge in [0.25, 0.3) is 0 Å². The van der Waals surface area contributed by atoms with Crippen molar-refractivity contribution in [2.45, 2.75) is 22.1 Å². The molecule has 2 fully saturated rings. The van der Waals surface area contributed by atoms with Crippen LogP contribution in [0.2, 0.25) is 5.02 Å². The zero-order chi connectivity index (χ0) is 23.5. The first-order valence-electron chi connectivity index (χ1n) is 11.7. The Bertz CT molecular complexity index is 1130. The summed E-state index contributed by atoms with van der Waals surface area (Å²) in [6.45, 7) is 3.43. The molecule has 7 heteroatoms. The van der Waals surface area contributed by atoms with Gasteiger partial charge in [-0.1, -0.05) is 47.6 Å². The largest absolute Gasteiger partial charge is 0.481 e. The lowest BCUT2D eigenvalue weighted by Crippen LogP contribution is -2.40. The molecule has 2 heterocycles. The number of nitrogens with zero attached hydrogens (tertiary/aromatic N) is 2. The van der Waals surface area contributed by atoms with Crippen molar-refractivity contribution in [2.75, 3.05) is 31.5 Å². The number of carboxylic acid groups (broad SMARTS) is 1. The van der Waals surface area contributed by atoms with Crippen LogP contribution in [0, 0.1) is 17.8 Å². The summed E-state index contributed by atoms with van der Waals surface area (Å²) in [5.74, 6) is 0.374. The average Bonchev–Trinajstić information content (AvgIpc) is 3.11. The monoisotopic (exact) mass is 493 g/mol. The Balaban J connectivity index is 1.34. The van der Waals surface area contributed by atoms with Crippen LogP contribution in [0.4, 0.5) is 5.82 Å². The fraction of sp³-hybridized carbons (Fsp3) is 0.333. The van der Waals surface area contributed by atoms with Gasteiger partial charge in [0.05, 0.1) is 5.92 Å². The van der Waals surface area contributed by atoms with Crippen LogP contribution < -0.4 is 5.32 Å². The first-order chi connectivity index (χ1) is 16.6. The maximum Gasteiger partial charge on any atom is 0.307 e. The van der Waals surface area contributed by atoms with E-state index in [9.17, 15) is 9.90 Å². The molecule has 0 spiro atoms. The zero-order valence-corrected chi connectivity index (χ0v) is 20.4. The average molecular weight is 494 g/mol. The lowest BCUT2D eigenvalue weighted by molar-refractivity contribution is -0.143. The molecule has 4 atom stereocenters. The molecule has 2 aromatic carbocycles. The zero-order valence-electron chi connectivity index (χ0n) is 18.8. The normalized spacial score (nSPS) is 24.1. The Labute approximate surface area is 209 Å². The van der Waals surface area contributed by atoms with E-state index in [1.807, 2.05) is 54.6 Å². The second-order valence-corrected chi connectivity index (χ2v) is 10.7. The molecule has 3 aromatic rings. The van der Waals surface area contributed by atoms with Gasteiger partial charge in [0.1, 0.15) is 5.82 Å². The van der Waals surface area contributed by atoms with E-state index in [2.05, 4.69) is 27.3 Å². The van der Waals surface area contributed by atoms with Crippen molar-refractivity contribution in [2.24, 2.45) is 17.8 Å². The van der Waals surface area contributed by atoms with Crippen LogP contribution in [0.5, 0.6) is 0 Å². The van der Waals surface area contributed by atoms with Gasteiger partial charge in [0.15, 0.2) is 0 Å². The number of piperidine rings is 1. The van der Waals surface area contributed by atoms with E-state index in [0.717, 1.165) is 53.8 Å². The molecule has 1 saturated heterocycles. The van der Waals surface area contributed by atoms with Gasteiger partial charge >= 0.3 is 5.97 Å². The third-order valence-corrected chi connectivity index (χ3v) is 8.35. The topological polar surface area (TPSA) is 65.5 Å². The molecule has 0 radical (unpaired) electrons. The number of hydrogen-bond donors (Lipinski definition) is 2. The number of nitrogens with one attached hydrogen (secondary N) is 1. The second kappa shape index (κ2) is 10.4. The molecule has 0 unspecified atom stereocenters. The molecule has 2 aliphatic rings. The van der Waals surface area contributed by atoms with Gasteiger partial charge in [0, 0.05) is 53.1 Å². The number of halogens is 1. The van der Waals surface area contributed by atoms with Crippen molar-refractivity contribution < 1.29 is 9.90 Å². The Morgan fingerprint density at radius 1 is 1.06 bits per heavy atom. The molecule has 1 saturated carbocycles. The number of aliphatic carboxylic acids is 1. The summed E-state index contributed by atoms with van der Waals surface area (Å²) in [6, 6.07) is 22.0. The number of fused-ring (bicyclic) bond motifs is 2. The van der Waals surface area contributed by atoms with Crippen LogP contribution in [0.3, 0.4) is 0 Å².